The lowest BCUT2D eigenvalue weighted by molar-refractivity contribution is 0.701. The highest BCUT2D eigenvalue weighted by atomic mass is 32.8. The van der Waals surface area contributed by atoms with Crippen LogP contribution in [0.15, 0.2) is 0 Å². The third-order valence-corrected chi connectivity index (χ3v) is 4.35. The van der Waals surface area contributed by atoms with E-state index in [-0.39, 0.29) is 9.45 Å². The molecular formula is C4H8OS2. The van der Waals surface area contributed by atoms with Crippen LogP contribution < -0.4 is 0 Å². The first-order valence-electron chi connectivity index (χ1n) is 2.41. The smallest absolute Gasteiger partial charge is 0.120 e. The first kappa shape index (κ1) is 5.51. The van der Waals surface area contributed by atoms with E-state index in [0.717, 1.165) is 10.2 Å². The summed E-state index contributed by atoms with van der Waals surface area (Å²) in [6.07, 6.45) is 2.58. The molecule has 42 valence electrons. The Kier molecular flexibility index (Phi) is 2.06. The highest BCUT2D eigenvalue weighted by Crippen LogP contribution is 2.04. The van der Waals surface area contributed by atoms with Crippen LogP contribution in [0.5, 0.6) is 0 Å². The molecule has 0 aliphatic carbocycles. The largest absolute Gasteiger partial charge is 0.205 e. The van der Waals surface area contributed by atoms with Crippen molar-refractivity contribution in [3.8, 4) is 0 Å². The van der Waals surface area contributed by atoms with Gasteiger partial charge >= 0.3 is 0 Å². The van der Waals surface area contributed by atoms with Crippen LogP contribution in [0.25, 0.3) is 0 Å². The molecule has 0 amide bonds. The highest BCUT2D eigenvalue weighted by Gasteiger charge is 2.03. The maximum atomic E-state index is 10.1. The van der Waals surface area contributed by atoms with Crippen LogP contribution in [0, 0.1) is 0 Å². The van der Waals surface area contributed by atoms with Crippen LogP contribution in [0.2, 0.25) is 0 Å². The van der Waals surface area contributed by atoms with Gasteiger partial charge in [0.2, 0.25) is 0 Å². The van der Waals surface area contributed by atoms with E-state index in [0.29, 0.717) is 0 Å². The lowest BCUT2D eigenvalue weighted by Crippen LogP contribution is -1.85. The normalized spacial score (nSPS) is 22.9. The van der Waals surface area contributed by atoms with Crippen molar-refractivity contribution < 1.29 is 4.21 Å². The van der Waals surface area contributed by atoms with Crippen molar-refractivity contribution in [3.05, 3.63) is 0 Å². The van der Waals surface area contributed by atoms with Gasteiger partial charge in [0, 0.05) is 11.5 Å². The Bertz CT molecular complexity index is 107. The molecule has 1 rings (SSSR count). The lowest BCUT2D eigenvalue weighted by Gasteiger charge is -1.80. The van der Waals surface area contributed by atoms with Crippen LogP contribution in [0.1, 0.15) is 12.8 Å². The van der Waals surface area contributed by atoms with Gasteiger partial charge in [0.05, 0.1) is 0 Å². The highest BCUT2D eigenvalue weighted by molar-refractivity contribution is 8.31. The summed E-state index contributed by atoms with van der Waals surface area (Å²) in [6, 6.07) is 0. The molecule has 0 spiro atoms. The summed E-state index contributed by atoms with van der Waals surface area (Å²) < 4.78 is 10.1. The third-order valence-electron chi connectivity index (χ3n) is 1.09. The standard InChI is InChI=1S/C4H8OS2/c5-6-7-3-1-2-4-7/h1-4H2. The molecule has 0 aromatic heterocycles. The molecule has 7 heavy (non-hydrogen) atoms. The van der Waals surface area contributed by atoms with Gasteiger partial charge in [0.1, 0.15) is 10.2 Å². The summed E-state index contributed by atoms with van der Waals surface area (Å²) in [5, 5.41) is 0. The molecule has 0 saturated carbocycles. The van der Waals surface area contributed by atoms with E-state index in [4.69, 9.17) is 0 Å². The fourth-order valence-electron chi connectivity index (χ4n) is 0.696. The SMILES string of the molecule is O=S=S1CCCC1. The Labute approximate surface area is 48.8 Å². The monoisotopic (exact) mass is 136 g/mol. The maximum Gasteiger partial charge on any atom is 0.120 e. The Balaban J connectivity index is 2.57. The van der Waals surface area contributed by atoms with Gasteiger partial charge in [-0.2, -0.15) is 0 Å². The number of hydrogen-bond donors (Lipinski definition) is 0. The van der Waals surface area contributed by atoms with E-state index < -0.39 is 0 Å². The van der Waals surface area contributed by atoms with E-state index >= 15 is 0 Å². The fraction of sp³-hybridized carbons (Fsp3) is 1.00. The fourth-order valence-corrected chi connectivity index (χ4v) is 3.20. The molecule has 0 unspecified atom stereocenters. The van der Waals surface area contributed by atoms with Crippen molar-refractivity contribution in [2.75, 3.05) is 11.5 Å². The quantitative estimate of drug-likeness (QED) is 0.474. The van der Waals surface area contributed by atoms with Crippen molar-refractivity contribution in [2.24, 2.45) is 0 Å². The second-order valence-corrected chi connectivity index (χ2v) is 5.28. The molecule has 0 N–H and O–H groups in total. The Morgan fingerprint density at radius 3 is 2.14 bits per heavy atom. The minimum Gasteiger partial charge on any atom is -0.205 e. The number of rotatable bonds is 0. The molecule has 1 aliphatic heterocycles. The molecule has 1 heterocycles. The maximum absolute atomic E-state index is 10.1. The minimum atomic E-state index is 0.227. The molecule has 1 saturated heterocycles. The van der Waals surface area contributed by atoms with Crippen molar-refractivity contribution in [1.82, 2.24) is 0 Å². The second-order valence-electron chi connectivity index (χ2n) is 1.62. The third kappa shape index (κ3) is 1.39. The van der Waals surface area contributed by atoms with E-state index in [1.54, 1.807) is 0 Å². The molecular weight excluding hydrogens is 128 g/mol. The van der Waals surface area contributed by atoms with Crippen LogP contribution in [0.4, 0.5) is 0 Å². The van der Waals surface area contributed by atoms with Gasteiger partial charge in [-0.15, -0.1) is 0 Å². The average molecular weight is 136 g/mol. The predicted molar refractivity (Wildman–Crippen MR) is 34.5 cm³/mol. The summed E-state index contributed by atoms with van der Waals surface area (Å²) >= 11 is 0. The van der Waals surface area contributed by atoms with Crippen LogP contribution in [-0.2, 0) is 19.7 Å². The summed E-state index contributed by atoms with van der Waals surface area (Å²) in [6.45, 7) is 0. The first-order valence-corrected chi connectivity index (χ1v) is 5.23. The summed E-state index contributed by atoms with van der Waals surface area (Å²) in [7, 11) is 1.04. The van der Waals surface area contributed by atoms with Crippen molar-refractivity contribution >= 4 is 19.7 Å². The lowest BCUT2D eigenvalue weighted by atomic mass is 10.4. The zero-order valence-corrected chi connectivity index (χ0v) is 5.69. The summed E-state index contributed by atoms with van der Waals surface area (Å²) in [5.41, 5.74) is 0. The van der Waals surface area contributed by atoms with Crippen LogP contribution in [0.3, 0.4) is 0 Å². The Hall–Kier alpha value is 0.370. The average Bonchev–Trinajstić information content (AvgIpc) is 2.14. The first-order chi connectivity index (χ1) is 3.43. The molecule has 1 fully saturated rings. The molecule has 0 atom stereocenters. The van der Waals surface area contributed by atoms with Crippen molar-refractivity contribution in [2.45, 2.75) is 12.8 Å². The zero-order chi connectivity index (χ0) is 5.11. The van der Waals surface area contributed by atoms with Crippen LogP contribution >= 0.6 is 0 Å². The van der Waals surface area contributed by atoms with Gasteiger partial charge in [0.25, 0.3) is 0 Å². The second kappa shape index (κ2) is 2.62. The van der Waals surface area contributed by atoms with Gasteiger partial charge in [0.15, 0.2) is 0 Å². The molecule has 0 bridgehead atoms. The molecule has 1 nitrogen and oxygen atoms in total. The molecule has 0 aromatic carbocycles. The predicted octanol–water partition coefficient (Wildman–Crippen LogP) is 0.526. The van der Waals surface area contributed by atoms with E-state index in [1.165, 1.54) is 24.3 Å². The van der Waals surface area contributed by atoms with Gasteiger partial charge < -0.3 is 0 Å². The molecule has 0 radical (unpaired) electrons. The number of hydrogen-bond acceptors (Lipinski definition) is 1. The Morgan fingerprint density at radius 1 is 1.29 bits per heavy atom. The molecule has 1 aliphatic rings. The summed E-state index contributed by atoms with van der Waals surface area (Å²) in [4.78, 5) is 0. The molecule has 3 heteroatoms. The van der Waals surface area contributed by atoms with E-state index in [9.17, 15) is 4.21 Å². The topological polar surface area (TPSA) is 17.1 Å². The van der Waals surface area contributed by atoms with Crippen LogP contribution in [-0.4, -0.2) is 15.7 Å². The van der Waals surface area contributed by atoms with Gasteiger partial charge in [-0.05, 0) is 12.8 Å². The minimum absolute atomic E-state index is 0.227. The van der Waals surface area contributed by atoms with Crippen molar-refractivity contribution in [1.29, 1.82) is 0 Å². The van der Waals surface area contributed by atoms with Gasteiger partial charge in [-0.3, -0.25) is 0 Å². The van der Waals surface area contributed by atoms with Crippen molar-refractivity contribution in [3.63, 3.8) is 0 Å². The van der Waals surface area contributed by atoms with Gasteiger partial charge in [-0.25, -0.2) is 4.21 Å². The van der Waals surface area contributed by atoms with E-state index in [1.807, 2.05) is 0 Å². The zero-order valence-electron chi connectivity index (χ0n) is 4.05. The van der Waals surface area contributed by atoms with E-state index in [2.05, 4.69) is 0 Å². The van der Waals surface area contributed by atoms with Gasteiger partial charge in [-0.1, -0.05) is 9.45 Å². The Morgan fingerprint density at radius 2 is 1.86 bits per heavy atom. The summed E-state index contributed by atoms with van der Waals surface area (Å²) in [5.74, 6) is 2.38. The molecule has 0 aromatic rings.